The van der Waals surface area contributed by atoms with Crippen molar-refractivity contribution < 1.29 is 10.2 Å². The van der Waals surface area contributed by atoms with Crippen LogP contribution < -0.4 is 0 Å². The van der Waals surface area contributed by atoms with Crippen LogP contribution in [0.2, 0.25) is 0 Å². The van der Waals surface area contributed by atoms with Crippen LogP contribution in [0, 0.1) is 5.92 Å². The van der Waals surface area contributed by atoms with E-state index in [1.54, 1.807) is 6.92 Å². The summed E-state index contributed by atoms with van der Waals surface area (Å²) in [6.45, 7) is 8.27. The van der Waals surface area contributed by atoms with Gasteiger partial charge in [-0.3, -0.25) is 0 Å². The minimum atomic E-state index is 0.115. The van der Waals surface area contributed by atoms with E-state index in [0.717, 1.165) is 12.0 Å². The number of rotatable bonds is 2. The molecule has 1 aromatic rings. The lowest BCUT2D eigenvalue weighted by atomic mass is 9.86. The Bertz CT molecular complexity index is 419. The minimum absolute atomic E-state index is 0.115. The van der Waals surface area contributed by atoms with Gasteiger partial charge in [0.05, 0.1) is 6.61 Å². The van der Waals surface area contributed by atoms with E-state index in [4.69, 9.17) is 5.11 Å². The maximum atomic E-state index is 9.29. The van der Waals surface area contributed by atoms with Crippen molar-refractivity contribution in [3.05, 3.63) is 53.6 Å². The molecule has 20 heavy (non-hydrogen) atoms. The standard InChI is InChI=1S/C14H16O.C2H6O.C2H6/c1-11-6-2-4-8-13(11)14-9-5-3-7-12(14)10-15;1-2-3;1-2/h2-5,7-9,11,15H,6,10H2,1H3;3H,2H2,1H3;1-2H3. The SMILES string of the molecule is CC.CC1CC=CC=C1c1ccccc1CO.CCO. The second-order valence-corrected chi connectivity index (χ2v) is 4.32. The molecule has 2 rings (SSSR count). The molecular formula is C18H28O2. The Balaban J connectivity index is 0.000000641. The van der Waals surface area contributed by atoms with Crippen LogP contribution in [-0.2, 0) is 6.61 Å². The maximum absolute atomic E-state index is 9.29. The van der Waals surface area contributed by atoms with Gasteiger partial charge in [0.1, 0.15) is 0 Å². The molecule has 1 aromatic carbocycles. The Kier molecular flexibility index (Phi) is 10.7. The molecule has 0 fully saturated rings. The summed E-state index contributed by atoms with van der Waals surface area (Å²) in [6, 6.07) is 8.08. The number of allylic oxidation sites excluding steroid dienone is 4. The van der Waals surface area contributed by atoms with Crippen LogP contribution in [0.3, 0.4) is 0 Å². The molecule has 2 nitrogen and oxygen atoms in total. The molecule has 1 aliphatic carbocycles. The molecule has 1 aliphatic rings. The fourth-order valence-electron chi connectivity index (χ4n) is 2.04. The molecule has 0 bridgehead atoms. The van der Waals surface area contributed by atoms with Gasteiger partial charge < -0.3 is 10.2 Å². The third-order valence-corrected chi connectivity index (χ3v) is 2.93. The molecule has 0 aromatic heterocycles. The zero-order chi connectivity index (χ0) is 15.4. The summed E-state index contributed by atoms with van der Waals surface area (Å²) in [5.41, 5.74) is 3.55. The topological polar surface area (TPSA) is 40.5 Å². The highest BCUT2D eigenvalue weighted by Crippen LogP contribution is 2.31. The average Bonchev–Trinajstić information content (AvgIpc) is 2.51. The highest BCUT2D eigenvalue weighted by Gasteiger charge is 2.14. The first-order valence-corrected chi connectivity index (χ1v) is 7.41. The van der Waals surface area contributed by atoms with Crippen molar-refractivity contribution in [1.29, 1.82) is 0 Å². The summed E-state index contributed by atoms with van der Waals surface area (Å²) < 4.78 is 0. The fraction of sp³-hybridized carbons (Fsp3) is 0.444. The molecule has 112 valence electrons. The summed E-state index contributed by atoms with van der Waals surface area (Å²) in [7, 11) is 0. The van der Waals surface area contributed by atoms with Crippen LogP contribution in [0.4, 0.5) is 0 Å². The normalized spacial score (nSPS) is 16.3. The van der Waals surface area contributed by atoms with Gasteiger partial charge in [0.15, 0.2) is 0 Å². The smallest absolute Gasteiger partial charge is 0.0687 e. The Morgan fingerprint density at radius 2 is 1.75 bits per heavy atom. The van der Waals surface area contributed by atoms with Gasteiger partial charge in [0.2, 0.25) is 0 Å². The third kappa shape index (κ3) is 5.72. The largest absolute Gasteiger partial charge is 0.397 e. The summed E-state index contributed by atoms with van der Waals surface area (Å²) in [6.07, 6.45) is 7.54. The van der Waals surface area contributed by atoms with Crippen molar-refractivity contribution in [2.24, 2.45) is 5.92 Å². The first-order valence-electron chi connectivity index (χ1n) is 7.41. The van der Waals surface area contributed by atoms with Crippen molar-refractivity contribution >= 4 is 5.57 Å². The summed E-state index contributed by atoms with van der Waals surface area (Å²) in [5, 5.41) is 16.9. The first kappa shape index (κ1) is 18.6. The van der Waals surface area contributed by atoms with E-state index < -0.39 is 0 Å². The maximum Gasteiger partial charge on any atom is 0.0687 e. The van der Waals surface area contributed by atoms with E-state index in [1.807, 2.05) is 32.0 Å². The van der Waals surface area contributed by atoms with Gasteiger partial charge in [0.25, 0.3) is 0 Å². The second kappa shape index (κ2) is 11.4. The number of hydrogen-bond donors (Lipinski definition) is 2. The summed E-state index contributed by atoms with van der Waals surface area (Å²) in [5.74, 6) is 0.544. The Hall–Kier alpha value is -1.38. The van der Waals surface area contributed by atoms with E-state index in [0.29, 0.717) is 5.92 Å². The monoisotopic (exact) mass is 276 g/mol. The minimum Gasteiger partial charge on any atom is -0.397 e. The Morgan fingerprint density at radius 1 is 1.15 bits per heavy atom. The molecule has 2 N–H and O–H groups in total. The van der Waals surface area contributed by atoms with Gasteiger partial charge in [0, 0.05) is 6.61 Å². The average molecular weight is 276 g/mol. The van der Waals surface area contributed by atoms with Crippen molar-refractivity contribution in [3.8, 4) is 0 Å². The molecule has 0 aliphatic heterocycles. The van der Waals surface area contributed by atoms with Crippen LogP contribution in [0.5, 0.6) is 0 Å². The first-order chi connectivity index (χ1) is 9.74. The number of benzene rings is 1. The summed E-state index contributed by atoms with van der Waals surface area (Å²) >= 11 is 0. The van der Waals surface area contributed by atoms with Crippen LogP contribution in [0.15, 0.2) is 42.5 Å². The molecular weight excluding hydrogens is 248 g/mol. The second-order valence-electron chi connectivity index (χ2n) is 4.32. The highest BCUT2D eigenvalue weighted by molar-refractivity contribution is 5.72. The van der Waals surface area contributed by atoms with Crippen molar-refractivity contribution in [2.45, 2.75) is 40.7 Å². The lowest BCUT2D eigenvalue weighted by Gasteiger charge is -2.19. The Labute approximate surface area is 123 Å². The molecule has 0 amide bonds. The highest BCUT2D eigenvalue weighted by atomic mass is 16.3. The van der Waals surface area contributed by atoms with Gasteiger partial charge in [-0.25, -0.2) is 0 Å². The molecule has 0 heterocycles. The van der Waals surface area contributed by atoms with Gasteiger partial charge in [-0.2, -0.15) is 0 Å². The van der Waals surface area contributed by atoms with E-state index in [9.17, 15) is 5.11 Å². The van der Waals surface area contributed by atoms with Crippen LogP contribution in [-0.4, -0.2) is 16.8 Å². The van der Waals surface area contributed by atoms with Crippen LogP contribution in [0.1, 0.15) is 45.2 Å². The van der Waals surface area contributed by atoms with Crippen LogP contribution >= 0.6 is 0 Å². The zero-order valence-corrected chi connectivity index (χ0v) is 13.1. The number of aliphatic hydroxyl groups excluding tert-OH is 2. The van der Waals surface area contributed by atoms with E-state index >= 15 is 0 Å². The Morgan fingerprint density at radius 3 is 2.30 bits per heavy atom. The summed E-state index contributed by atoms with van der Waals surface area (Å²) in [4.78, 5) is 0. The molecule has 1 unspecified atom stereocenters. The van der Waals surface area contributed by atoms with Gasteiger partial charge in [-0.05, 0) is 36.0 Å². The van der Waals surface area contributed by atoms with Gasteiger partial charge >= 0.3 is 0 Å². The van der Waals surface area contributed by atoms with E-state index in [2.05, 4.69) is 31.2 Å². The van der Waals surface area contributed by atoms with Gasteiger partial charge in [-0.15, -0.1) is 0 Å². The number of aliphatic hydroxyl groups is 2. The molecule has 1 atom stereocenters. The lowest BCUT2D eigenvalue weighted by Crippen LogP contribution is -2.03. The quantitative estimate of drug-likeness (QED) is 0.850. The van der Waals surface area contributed by atoms with Gasteiger partial charge in [-0.1, -0.05) is 63.3 Å². The van der Waals surface area contributed by atoms with E-state index in [1.165, 1.54) is 11.1 Å². The predicted octanol–water partition coefficient (Wildman–Crippen LogP) is 4.18. The molecule has 0 radical (unpaired) electrons. The van der Waals surface area contributed by atoms with E-state index in [-0.39, 0.29) is 13.2 Å². The van der Waals surface area contributed by atoms with Crippen molar-refractivity contribution in [2.75, 3.05) is 6.61 Å². The lowest BCUT2D eigenvalue weighted by molar-refractivity contribution is 0.281. The fourth-order valence-corrected chi connectivity index (χ4v) is 2.04. The zero-order valence-electron chi connectivity index (χ0n) is 13.1. The molecule has 0 saturated carbocycles. The molecule has 2 heteroatoms. The van der Waals surface area contributed by atoms with Crippen molar-refractivity contribution in [1.82, 2.24) is 0 Å². The number of hydrogen-bond acceptors (Lipinski definition) is 2. The molecule has 0 spiro atoms. The predicted molar refractivity (Wildman–Crippen MR) is 87.4 cm³/mol. The van der Waals surface area contributed by atoms with Crippen LogP contribution in [0.25, 0.3) is 5.57 Å². The molecule has 0 saturated heterocycles. The third-order valence-electron chi connectivity index (χ3n) is 2.93. The van der Waals surface area contributed by atoms with Crippen molar-refractivity contribution in [3.63, 3.8) is 0 Å².